The lowest BCUT2D eigenvalue weighted by atomic mass is 10.2. The number of aryl methyl sites for hydroxylation is 1. The third kappa shape index (κ3) is 7.28. The van der Waals surface area contributed by atoms with Crippen LogP contribution < -0.4 is 5.32 Å². The van der Waals surface area contributed by atoms with Crippen molar-refractivity contribution < 1.29 is 22.7 Å². The Morgan fingerprint density at radius 1 is 1.11 bits per heavy atom. The first-order chi connectivity index (χ1) is 17.1. The van der Waals surface area contributed by atoms with Crippen LogP contribution >= 0.6 is 11.8 Å². The van der Waals surface area contributed by atoms with E-state index in [0.717, 1.165) is 17.3 Å². The van der Waals surface area contributed by atoms with Gasteiger partial charge in [0.15, 0.2) is 15.0 Å². The van der Waals surface area contributed by atoms with Gasteiger partial charge in [0.1, 0.15) is 11.6 Å². The number of esters is 1. The second kappa shape index (κ2) is 12.0. The number of benzene rings is 2. The van der Waals surface area contributed by atoms with Gasteiger partial charge in [0.05, 0.1) is 22.3 Å². The van der Waals surface area contributed by atoms with Crippen molar-refractivity contribution in [3.05, 3.63) is 78.1 Å². The summed E-state index contributed by atoms with van der Waals surface area (Å²) >= 11 is 1.13. The molecule has 1 heterocycles. The number of nitrogens with zero attached hydrogens (tertiary/aromatic N) is 3. The predicted molar refractivity (Wildman–Crippen MR) is 139 cm³/mol. The Morgan fingerprint density at radius 3 is 2.39 bits per heavy atom. The van der Waals surface area contributed by atoms with Crippen molar-refractivity contribution in [1.29, 1.82) is 0 Å². The minimum absolute atomic E-state index is 0.0249. The maximum absolute atomic E-state index is 12.9. The van der Waals surface area contributed by atoms with Crippen molar-refractivity contribution in [3.63, 3.8) is 0 Å². The highest BCUT2D eigenvalue weighted by molar-refractivity contribution is 7.99. The van der Waals surface area contributed by atoms with Crippen molar-refractivity contribution in [2.75, 3.05) is 11.1 Å². The summed E-state index contributed by atoms with van der Waals surface area (Å²) in [5, 5.41) is 11.3. The molecule has 11 heteroatoms. The Balaban J connectivity index is 1.64. The summed E-state index contributed by atoms with van der Waals surface area (Å²) in [6.45, 7) is 9.44. The lowest BCUT2D eigenvalue weighted by Crippen LogP contribution is -2.16. The van der Waals surface area contributed by atoms with E-state index >= 15 is 0 Å². The lowest BCUT2D eigenvalue weighted by Gasteiger charge is -2.10. The Kier molecular flexibility index (Phi) is 9.05. The Bertz CT molecular complexity index is 1330. The number of sulfone groups is 1. The first kappa shape index (κ1) is 27.2. The molecular weight excluding hydrogens is 500 g/mol. The Labute approximate surface area is 214 Å². The standard InChI is InChI=1S/C25H28N4O5S2/c1-5-14-29-22(16-36(32,33)21-12-6-18(4)7-13-21)27-28-25(29)35-15-23(30)26-20-10-8-19(9-11-20)24(31)34-17(2)3/h5-13,17H,1,14-16H2,2-4H3,(H,26,30). The zero-order valence-electron chi connectivity index (χ0n) is 20.3. The van der Waals surface area contributed by atoms with E-state index in [1.807, 2.05) is 6.92 Å². The van der Waals surface area contributed by atoms with Crippen LogP contribution in [0.2, 0.25) is 0 Å². The number of carbonyl (C=O) groups excluding carboxylic acids is 2. The highest BCUT2D eigenvalue weighted by Crippen LogP contribution is 2.22. The summed E-state index contributed by atoms with van der Waals surface area (Å²) in [6.07, 6.45) is 1.39. The smallest absolute Gasteiger partial charge is 0.338 e. The third-order valence-corrected chi connectivity index (χ3v) is 7.48. The van der Waals surface area contributed by atoms with Gasteiger partial charge < -0.3 is 14.6 Å². The molecule has 0 spiro atoms. The van der Waals surface area contributed by atoms with Crippen molar-refractivity contribution in [1.82, 2.24) is 14.8 Å². The molecule has 0 radical (unpaired) electrons. The molecule has 0 aliphatic heterocycles. The molecule has 0 saturated heterocycles. The van der Waals surface area contributed by atoms with Crippen molar-refractivity contribution in [2.45, 2.75) is 49.2 Å². The number of amides is 1. The van der Waals surface area contributed by atoms with Gasteiger partial charge in [-0.15, -0.1) is 16.8 Å². The summed E-state index contributed by atoms with van der Waals surface area (Å²) in [7, 11) is -3.63. The van der Waals surface area contributed by atoms with Gasteiger partial charge in [0.2, 0.25) is 5.91 Å². The number of ether oxygens (including phenoxy) is 1. The van der Waals surface area contributed by atoms with Gasteiger partial charge in [-0.1, -0.05) is 35.5 Å². The monoisotopic (exact) mass is 528 g/mol. The highest BCUT2D eigenvalue weighted by atomic mass is 32.2. The molecule has 0 bridgehead atoms. The maximum atomic E-state index is 12.9. The fourth-order valence-corrected chi connectivity index (χ4v) is 5.18. The molecule has 36 heavy (non-hydrogen) atoms. The van der Waals surface area contributed by atoms with Crippen molar-refractivity contribution >= 4 is 39.2 Å². The zero-order chi connectivity index (χ0) is 26.3. The molecule has 3 aromatic rings. The highest BCUT2D eigenvalue weighted by Gasteiger charge is 2.22. The fraction of sp³-hybridized carbons (Fsp3) is 0.280. The van der Waals surface area contributed by atoms with Crippen LogP contribution in [0.5, 0.6) is 0 Å². The molecule has 0 atom stereocenters. The van der Waals surface area contributed by atoms with E-state index in [4.69, 9.17) is 4.74 Å². The van der Waals surface area contributed by atoms with Gasteiger partial charge in [0.25, 0.3) is 0 Å². The number of aromatic nitrogens is 3. The second-order valence-corrected chi connectivity index (χ2v) is 11.2. The van der Waals surface area contributed by atoms with E-state index in [1.54, 1.807) is 73.0 Å². The summed E-state index contributed by atoms with van der Waals surface area (Å²) in [4.78, 5) is 24.6. The quantitative estimate of drug-likeness (QED) is 0.225. The number of allylic oxidation sites excluding steroid dienone is 1. The van der Waals surface area contributed by atoms with E-state index in [0.29, 0.717) is 23.0 Å². The number of thioether (sulfide) groups is 1. The molecule has 1 amide bonds. The summed E-state index contributed by atoms with van der Waals surface area (Å²) in [5.41, 5.74) is 1.88. The van der Waals surface area contributed by atoms with Crippen molar-refractivity contribution in [3.8, 4) is 0 Å². The van der Waals surface area contributed by atoms with Gasteiger partial charge >= 0.3 is 5.97 Å². The minimum atomic E-state index is -3.63. The van der Waals surface area contributed by atoms with Crippen LogP contribution in [0, 0.1) is 6.92 Å². The second-order valence-electron chi connectivity index (χ2n) is 8.24. The Hall–Kier alpha value is -3.44. The number of nitrogens with one attached hydrogen (secondary N) is 1. The van der Waals surface area contributed by atoms with Crippen LogP contribution in [0.3, 0.4) is 0 Å². The third-order valence-electron chi connectivity index (χ3n) is 4.88. The topological polar surface area (TPSA) is 120 Å². The van der Waals surface area contributed by atoms with E-state index in [9.17, 15) is 18.0 Å². The first-order valence-corrected chi connectivity index (χ1v) is 13.8. The summed E-state index contributed by atoms with van der Waals surface area (Å²) < 4.78 is 32.5. The molecule has 2 aromatic carbocycles. The predicted octanol–water partition coefficient (Wildman–Crippen LogP) is 4.04. The fourth-order valence-electron chi connectivity index (χ4n) is 3.14. The molecule has 0 saturated carbocycles. The zero-order valence-corrected chi connectivity index (χ0v) is 21.9. The number of carbonyl (C=O) groups is 2. The lowest BCUT2D eigenvalue weighted by molar-refractivity contribution is -0.113. The van der Waals surface area contributed by atoms with Gasteiger partial charge in [-0.25, -0.2) is 13.2 Å². The van der Waals surface area contributed by atoms with Crippen LogP contribution in [0.4, 0.5) is 5.69 Å². The van der Waals surface area contributed by atoms with E-state index < -0.39 is 15.8 Å². The van der Waals surface area contributed by atoms with Crippen LogP contribution in [0.25, 0.3) is 0 Å². The number of hydrogen-bond acceptors (Lipinski definition) is 8. The molecule has 1 aromatic heterocycles. The van der Waals surface area contributed by atoms with Crippen LogP contribution in [0.15, 0.2) is 71.2 Å². The minimum Gasteiger partial charge on any atom is -0.459 e. The molecule has 9 nitrogen and oxygen atoms in total. The SMILES string of the molecule is C=CCn1c(CS(=O)(=O)c2ccc(C)cc2)nnc1SCC(=O)Nc1ccc(C(=O)OC(C)C)cc1. The largest absolute Gasteiger partial charge is 0.459 e. The normalized spacial score (nSPS) is 11.3. The molecule has 190 valence electrons. The number of anilines is 1. The Morgan fingerprint density at radius 2 is 1.78 bits per heavy atom. The average molecular weight is 529 g/mol. The van der Waals surface area contributed by atoms with E-state index in [1.165, 1.54) is 0 Å². The maximum Gasteiger partial charge on any atom is 0.338 e. The van der Waals surface area contributed by atoms with E-state index in [-0.39, 0.29) is 34.2 Å². The van der Waals surface area contributed by atoms with Gasteiger partial charge in [-0.05, 0) is 57.2 Å². The number of rotatable bonds is 11. The molecule has 1 N–H and O–H groups in total. The van der Waals surface area contributed by atoms with Crippen LogP contribution in [0.1, 0.15) is 35.6 Å². The number of hydrogen-bond donors (Lipinski definition) is 1. The molecule has 0 aliphatic carbocycles. The molecule has 3 rings (SSSR count). The van der Waals surface area contributed by atoms with E-state index in [2.05, 4.69) is 22.1 Å². The van der Waals surface area contributed by atoms with Gasteiger partial charge in [0, 0.05) is 12.2 Å². The molecule has 0 fully saturated rings. The average Bonchev–Trinajstić information content (AvgIpc) is 3.18. The van der Waals surface area contributed by atoms with Crippen LogP contribution in [-0.2, 0) is 31.7 Å². The molecule has 0 unspecified atom stereocenters. The first-order valence-electron chi connectivity index (χ1n) is 11.1. The molecule has 0 aliphatic rings. The summed E-state index contributed by atoms with van der Waals surface area (Å²) in [6, 6.07) is 13.0. The van der Waals surface area contributed by atoms with Gasteiger partial charge in [-0.3, -0.25) is 4.79 Å². The summed E-state index contributed by atoms with van der Waals surface area (Å²) in [5.74, 6) is -0.756. The van der Waals surface area contributed by atoms with Crippen LogP contribution in [-0.4, -0.2) is 46.9 Å². The molecular formula is C25H28N4O5S2. The van der Waals surface area contributed by atoms with Crippen molar-refractivity contribution in [2.24, 2.45) is 0 Å². The van der Waals surface area contributed by atoms with Gasteiger partial charge in [-0.2, -0.15) is 0 Å².